The van der Waals surface area contributed by atoms with Gasteiger partial charge in [0, 0.05) is 0 Å². The van der Waals surface area contributed by atoms with Gasteiger partial charge in [-0.2, -0.15) is 0 Å². The quantitative estimate of drug-likeness (QED) is 0.719. The van der Waals surface area contributed by atoms with E-state index in [-0.39, 0.29) is 11.3 Å². The van der Waals surface area contributed by atoms with E-state index in [1.807, 2.05) is 24.3 Å². The molecule has 0 saturated carbocycles. The number of aryl methyl sites for hydroxylation is 1. The van der Waals surface area contributed by atoms with E-state index in [1.54, 1.807) is 24.3 Å². The Morgan fingerprint density at radius 3 is 2.45 bits per heavy atom. The average Bonchev–Trinajstić information content (AvgIpc) is 2.48. The van der Waals surface area contributed by atoms with E-state index >= 15 is 0 Å². The molecule has 0 bridgehead atoms. The molecule has 0 spiro atoms. The number of fused-ring (bicyclic) bond motifs is 1. The molecule has 2 aromatic carbocycles. The van der Waals surface area contributed by atoms with Crippen molar-refractivity contribution in [3.8, 4) is 16.9 Å². The molecular weight excluding hydrogens is 252 g/mol. The van der Waals surface area contributed by atoms with Gasteiger partial charge >= 0.3 is 5.63 Å². The molecule has 1 N–H and O–H groups in total. The molecule has 3 aromatic rings. The Morgan fingerprint density at radius 1 is 1.05 bits per heavy atom. The van der Waals surface area contributed by atoms with Crippen LogP contribution < -0.4 is 5.63 Å². The Balaban J connectivity index is 2.27. The maximum Gasteiger partial charge on any atom is 0.347 e. The molecule has 0 saturated heterocycles. The van der Waals surface area contributed by atoms with E-state index in [1.165, 1.54) is 5.56 Å². The van der Waals surface area contributed by atoms with Gasteiger partial charge in [-0.3, -0.25) is 0 Å². The van der Waals surface area contributed by atoms with Gasteiger partial charge in [0.15, 0.2) is 0 Å². The lowest BCUT2D eigenvalue weighted by atomic mass is 10.0. The lowest BCUT2D eigenvalue weighted by Crippen LogP contribution is -2.03. The molecule has 0 radical (unpaired) electrons. The summed E-state index contributed by atoms with van der Waals surface area (Å²) in [5.41, 5.74) is 1.93. The Bertz CT molecular complexity index is 814. The van der Waals surface area contributed by atoms with Crippen LogP contribution in [0.25, 0.3) is 22.1 Å². The fraction of sp³-hybridized carbons (Fsp3) is 0.118. The molecule has 100 valence electrons. The number of rotatable bonds is 2. The van der Waals surface area contributed by atoms with E-state index in [0.717, 1.165) is 6.42 Å². The van der Waals surface area contributed by atoms with Gasteiger partial charge in [-0.15, -0.1) is 0 Å². The summed E-state index contributed by atoms with van der Waals surface area (Å²) in [7, 11) is 0. The van der Waals surface area contributed by atoms with Crippen molar-refractivity contribution in [2.75, 3.05) is 0 Å². The van der Waals surface area contributed by atoms with Crippen LogP contribution in [0.5, 0.6) is 5.75 Å². The molecule has 0 aliphatic rings. The number of aromatic hydroxyl groups is 1. The third kappa shape index (κ3) is 1.97. The minimum absolute atomic E-state index is 0.0268. The predicted molar refractivity (Wildman–Crippen MR) is 79.0 cm³/mol. The molecule has 20 heavy (non-hydrogen) atoms. The molecule has 0 fully saturated rings. The van der Waals surface area contributed by atoms with Gasteiger partial charge in [-0.1, -0.05) is 43.3 Å². The molecule has 0 atom stereocenters. The predicted octanol–water partition coefficient (Wildman–Crippen LogP) is 3.73. The van der Waals surface area contributed by atoms with E-state index in [0.29, 0.717) is 16.5 Å². The molecule has 3 heteroatoms. The second-order valence-electron chi connectivity index (χ2n) is 4.66. The highest BCUT2D eigenvalue weighted by molar-refractivity contribution is 5.90. The molecule has 0 unspecified atom stereocenters. The van der Waals surface area contributed by atoms with E-state index < -0.39 is 5.63 Å². The minimum Gasteiger partial charge on any atom is -0.506 e. The standard InChI is InChI=1S/C17H14O3/c1-2-11-7-9-12(10-8-11)15-16(18)13-5-3-4-6-14(13)20-17(15)19/h3-10,18H,2H2,1H3. The maximum atomic E-state index is 12.1. The molecular formula is C17H14O3. The number of benzene rings is 2. The Morgan fingerprint density at radius 2 is 1.75 bits per heavy atom. The van der Waals surface area contributed by atoms with Gasteiger partial charge in [0.05, 0.1) is 5.39 Å². The van der Waals surface area contributed by atoms with Crippen LogP contribution in [0.4, 0.5) is 0 Å². The highest BCUT2D eigenvalue weighted by atomic mass is 16.4. The van der Waals surface area contributed by atoms with Crippen molar-refractivity contribution in [3.05, 3.63) is 64.5 Å². The van der Waals surface area contributed by atoms with Gasteiger partial charge < -0.3 is 9.52 Å². The second-order valence-corrected chi connectivity index (χ2v) is 4.66. The van der Waals surface area contributed by atoms with Crippen LogP contribution in [0.3, 0.4) is 0 Å². The third-order valence-electron chi connectivity index (χ3n) is 3.44. The summed E-state index contributed by atoms with van der Waals surface area (Å²) in [5, 5.41) is 10.9. The second kappa shape index (κ2) is 4.85. The summed E-state index contributed by atoms with van der Waals surface area (Å²) in [6.07, 6.45) is 0.929. The van der Waals surface area contributed by atoms with Gasteiger partial charge in [0.1, 0.15) is 16.9 Å². The summed E-state index contributed by atoms with van der Waals surface area (Å²) >= 11 is 0. The summed E-state index contributed by atoms with van der Waals surface area (Å²) in [5.74, 6) is -0.0268. The lowest BCUT2D eigenvalue weighted by Gasteiger charge is -2.07. The molecule has 3 nitrogen and oxygen atoms in total. The van der Waals surface area contributed by atoms with Gasteiger partial charge in [0.2, 0.25) is 0 Å². The SMILES string of the molecule is CCc1ccc(-c2c(O)c3ccccc3oc2=O)cc1. The van der Waals surface area contributed by atoms with Gasteiger partial charge in [-0.25, -0.2) is 4.79 Å². The molecule has 0 aliphatic heterocycles. The minimum atomic E-state index is -0.523. The van der Waals surface area contributed by atoms with Crippen molar-refractivity contribution in [1.29, 1.82) is 0 Å². The molecule has 1 aromatic heterocycles. The van der Waals surface area contributed by atoms with Crippen LogP contribution >= 0.6 is 0 Å². The first kappa shape index (κ1) is 12.5. The summed E-state index contributed by atoms with van der Waals surface area (Å²) in [6, 6.07) is 14.5. The highest BCUT2D eigenvalue weighted by Crippen LogP contribution is 2.32. The van der Waals surface area contributed by atoms with Crippen molar-refractivity contribution < 1.29 is 9.52 Å². The van der Waals surface area contributed by atoms with Crippen LogP contribution in [-0.4, -0.2) is 5.11 Å². The van der Waals surface area contributed by atoms with E-state index in [9.17, 15) is 9.90 Å². The zero-order valence-electron chi connectivity index (χ0n) is 11.1. The largest absolute Gasteiger partial charge is 0.506 e. The van der Waals surface area contributed by atoms with Crippen molar-refractivity contribution >= 4 is 11.0 Å². The third-order valence-corrected chi connectivity index (χ3v) is 3.44. The first-order valence-electron chi connectivity index (χ1n) is 6.55. The number of hydrogen-bond donors (Lipinski definition) is 1. The summed E-state index contributed by atoms with van der Waals surface area (Å²) in [6.45, 7) is 2.07. The highest BCUT2D eigenvalue weighted by Gasteiger charge is 2.15. The number of hydrogen-bond acceptors (Lipinski definition) is 3. The van der Waals surface area contributed by atoms with Crippen LogP contribution in [0, 0.1) is 0 Å². The van der Waals surface area contributed by atoms with Gasteiger partial charge in [0.25, 0.3) is 0 Å². The molecule has 0 aliphatic carbocycles. The van der Waals surface area contributed by atoms with Crippen LogP contribution in [-0.2, 0) is 6.42 Å². The fourth-order valence-corrected chi connectivity index (χ4v) is 2.30. The van der Waals surface area contributed by atoms with Crippen molar-refractivity contribution in [3.63, 3.8) is 0 Å². The topological polar surface area (TPSA) is 50.4 Å². The molecule has 3 rings (SSSR count). The zero-order valence-corrected chi connectivity index (χ0v) is 11.1. The Hall–Kier alpha value is -2.55. The van der Waals surface area contributed by atoms with Crippen molar-refractivity contribution in [2.24, 2.45) is 0 Å². The van der Waals surface area contributed by atoms with Crippen LogP contribution in [0.15, 0.2) is 57.7 Å². The van der Waals surface area contributed by atoms with Gasteiger partial charge in [-0.05, 0) is 29.7 Å². The molecule has 1 heterocycles. The maximum absolute atomic E-state index is 12.1. The van der Waals surface area contributed by atoms with Crippen molar-refractivity contribution in [2.45, 2.75) is 13.3 Å². The monoisotopic (exact) mass is 266 g/mol. The average molecular weight is 266 g/mol. The van der Waals surface area contributed by atoms with Crippen molar-refractivity contribution in [1.82, 2.24) is 0 Å². The zero-order chi connectivity index (χ0) is 14.1. The number of para-hydroxylation sites is 1. The first-order valence-corrected chi connectivity index (χ1v) is 6.55. The summed E-state index contributed by atoms with van der Waals surface area (Å²) < 4.78 is 5.27. The lowest BCUT2D eigenvalue weighted by molar-refractivity contribution is 0.471. The van der Waals surface area contributed by atoms with Crippen LogP contribution in [0.1, 0.15) is 12.5 Å². The fourth-order valence-electron chi connectivity index (χ4n) is 2.30. The normalized spacial score (nSPS) is 10.8. The first-order chi connectivity index (χ1) is 9.70. The summed E-state index contributed by atoms with van der Waals surface area (Å²) in [4.78, 5) is 12.1. The van der Waals surface area contributed by atoms with E-state index in [4.69, 9.17) is 4.42 Å². The van der Waals surface area contributed by atoms with Crippen LogP contribution in [0.2, 0.25) is 0 Å². The smallest absolute Gasteiger partial charge is 0.347 e. The Labute approximate surface area is 116 Å². The van der Waals surface area contributed by atoms with E-state index in [2.05, 4.69) is 6.92 Å². The Kier molecular flexibility index (Phi) is 3.03. The molecule has 0 amide bonds.